The molecule has 5 nitrogen and oxygen atoms in total. The zero-order chi connectivity index (χ0) is 15.3. The average molecular weight is 296 g/mol. The molecule has 1 aromatic carbocycles. The van der Waals surface area contributed by atoms with E-state index < -0.39 is 5.97 Å². The molecule has 0 fully saturated rings. The minimum Gasteiger partial charge on any atom is -0.478 e. The molecule has 0 radical (unpaired) electrons. The van der Waals surface area contributed by atoms with Crippen LogP contribution in [0.1, 0.15) is 29.5 Å². The SMILES string of the molecule is O=C1Cc2cc3c(cc2N1)CCCC1=C3NCC(C(=O)O)=C1. The molecule has 5 heteroatoms. The highest BCUT2D eigenvalue weighted by atomic mass is 16.4. The van der Waals surface area contributed by atoms with Crippen molar-refractivity contribution in [1.29, 1.82) is 0 Å². The van der Waals surface area contributed by atoms with Crippen LogP contribution in [0.25, 0.3) is 5.70 Å². The van der Waals surface area contributed by atoms with E-state index in [2.05, 4.69) is 22.8 Å². The number of nitrogens with one attached hydrogen (secondary N) is 2. The molecule has 22 heavy (non-hydrogen) atoms. The molecule has 0 spiro atoms. The van der Waals surface area contributed by atoms with Gasteiger partial charge in [-0.15, -0.1) is 0 Å². The van der Waals surface area contributed by atoms with Crippen molar-refractivity contribution < 1.29 is 14.7 Å². The summed E-state index contributed by atoms with van der Waals surface area (Å²) in [6.45, 7) is 0.335. The lowest BCUT2D eigenvalue weighted by atomic mass is 9.95. The van der Waals surface area contributed by atoms with Crippen molar-refractivity contribution in [2.24, 2.45) is 0 Å². The number of amides is 1. The molecule has 1 aliphatic carbocycles. The Bertz CT molecular complexity index is 774. The zero-order valence-electron chi connectivity index (χ0n) is 12.0. The van der Waals surface area contributed by atoms with Crippen LogP contribution in [0.3, 0.4) is 0 Å². The predicted octanol–water partition coefficient (Wildman–Crippen LogP) is 1.84. The van der Waals surface area contributed by atoms with Gasteiger partial charge in [0.05, 0.1) is 12.0 Å². The number of carboxylic acid groups (broad SMARTS) is 1. The lowest BCUT2D eigenvalue weighted by Crippen LogP contribution is -2.25. The van der Waals surface area contributed by atoms with Gasteiger partial charge in [-0.1, -0.05) is 0 Å². The lowest BCUT2D eigenvalue weighted by Gasteiger charge is -2.21. The summed E-state index contributed by atoms with van der Waals surface area (Å²) in [5.41, 5.74) is 6.76. The van der Waals surface area contributed by atoms with Crippen molar-refractivity contribution in [2.45, 2.75) is 25.7 Å². The van der Waals surface area contributed by atoms with Crippen molar-refractivity contribution >= 4 is 23.3 Å². The first-order valence-electron chi connectivity index (χ1n) is 7.49. The molecule has 0 saturated heterocycles. The molecule has 0 unspecified atom stereocenters. The van der Waals surface area contributed by atoms with Gasteiger partial charge in [0, 0.05) is 23.5 Å². The third-order valence-corrected chi connectivity index (χ3v) is 4.52. The monoisotopic (exact) mass is 296 g/mol. The van der Waals surface area contributed by atoms with Crippen LogP contribution in [0.4, 0.5) is 5.69 Å². The van der Waals surface area contributed by atoms with Crippen LogP contribution >= 0.6 is 0 Å². The first-order valence-corrected chi connectivity index (χ1v) is 7.49. The molecule has 1 amide bonds. The average Bonchev–Trinajstić information content (AvgIpc) is 2.75. The highest BCUT2D eigenvalue weighted by Gasteiger charge is 2.26. The summed E-state index contributed by atoms with van der Waals surface area (Å²) in [7, 11) is 0. The van der Waals surface area contributed by atoms with E-state index in [1.54, 1.807) is 6.08 Å². The molecular formula is C17H16N2O3. The lowest BCUT2D eigenvalue weighted by molar-refractivity contribution is -0.132. The topological polar surface area (TPSA) is 78.4 Å². The van der Waals surface area contributed by atoms with Crippen LogP contribution < -0.4 is 10.6 Å². The van der Waals surface area contributed by atoms with Gasteiger partial charge in [-0.25, -0.2) is 4.79 Å². The molecule has 2 heterocycles. The summed E-state index contributed by atoms with van der Waals surface area (Å²) in [4.78, 5) is 22.7. The normalized spacial score (nSPS) is 19.3. The Kier molecular flexibility index (Phi) is 2.82. The number of benzene rings is 1. The van der Waals surface area contributed by atoms with Crippen LogP contribution in [0.2, 0.25) is 0 Å². The van der Waals surface area contributed by atoms with Gasteiger partial charge in [0.1, 0.15) is 0 Å². The second-order valence-corrected chi connectivity index (χ2v) is 5.97. The van der Waals surface area contributed by atoms with E-state index in [1.165, 1.54) is 5.56 Å². The number of aryl methyl sites for hydroxylation is 1. The minimum atomic E-state index is -0.868. The predicted molar refractivity (Wildman–Crippen MR) is 82.4 cm³/mol. The number of fused-ring (bicyclic) bond motifs is 3. The number of carbonyl (C=O) groups is 2. The Morgan fingerprint density at radius 2 is 2.05 bits per heavy atom. The number of anilines is 1. The molecule has 112 valence electrons. The van der Waals surface area contributed by atoms with Gasteiger partial charge in [-0.05, 0) is 54.2 Å². The van der Waals surface area contributed by atoms with E-state index in [-0.39, 0.29) is 5.91 Å². The Labute approximate surface area is 127 Å². The van der Waals surface area contributed by atoms with Crippen LogP contribution in [0.5, 0.6) is 0 Å². The maximum absolute atomic E-state index is 11.6. The Morgan fingerprint density at radius 1 is 1.18 bits per heavy atom. The minimum absolute atomic E-state index is 0.0361. The van der Waals surface area contributed by atoms with E-state index in [1.807, 2.05) is 0 Å². The van der Waals surface area contributed by atoms with Crippen molar-refractivity contribution in [3.63, 3.8) is 0 Å². The third kappa shape index (κ3) is 2.01. The van der Waals surface area contributed by atoms with Crippen molar-refractivity contribution in [3.05, 3.63) is 46.0 Å². The fraction of sp³-hybridized carbons (Fsp3) is 0.294. The van der Waals surface area contributed by atoms with Crippen LogP contribution in [0, 0.1) is 0 Å². The van der Waals surface area contributed by atoms with E-state index in [0.717, 1.165) is 47.3 Å². The maximum atomic E-state index is 11.6. The molecule has 3 N–H and O–H groups in total. The number of aliphatic carboxylic acids is 1. The number of carbonyl (C=O) groups excluding carboxylic acids is 1. The number of hydrogen-bond acceptors (Lipinski definition) is 3. The second-order valence-electron chi connectivity index (χ2n) is 5.97. The Hall–Kier alpha value is -2.56. The molecule has 0 aromatic heterocycles. The molecule has 4 rings (SSSR count). The first kappa shape index (κ1) is 13.1. The van der Waals surface area contributed by atoms with Gasteiger partial charge in [0.25, 0.3) is 0 Å². The number of carboxylic acids is 1. The van der Waals surface area contributed by atoms with Crippen LogP contribution in [-0.2, 0) is 22.4 Å². The quantitative estimate of drug-likeness (QED) is 0.739. The highest BCUT2D eigenvalue weighted by molar-refractivity contribution is 6.00. The van der Waals surface area contributed by atoms with E-state index in [9.17, 15) is 14.7 Å². The zero-order valence-corrected chi connectivity index (χ0v) is 12.0. The Morgan fingerprint density at radius 3 is 2.86 bits per heavy atom. The van der Waals surface area contributed by atoms with Crippen molar-refractivity contribution in [2.75, 3.05) is 11.9 Å². The molecule has 0 bridgehead atoms. The molecular weight excluding hydrogens is 280 g/mol. The van der Waals surface area contributed by atoms with Crippen LogP contribution in [-0.4, -0.2) is 23.5 Å². The second kappa shape index (κ2) is 4.73. The van der Waals surface area contributed by atoms with Crippen molar-refractivity contribution in [3.8, 4) is 0 Å². The largest absolute Gasteiger partial charge is 0.478 e. The third-order valence-electron chi connectivity index (χ3n) is 4.52. The van der Waals surface area contributed by atoms with Crippen LogP contribution in [0.15, 0.2) is 29.4 Å². The standard InChI is InChI=1S/C17H16N2O3/c20-15-7-11-5-13-9(6-14(11)19-15)2-1-3-10-4-12(17(21)22)8-18-16(10)13/h4-6,18H,1-3,7-8H2,(H,19,20)(H,21,22). The summed E-state index contributed by atoms with van der Waals surface area (Å²) in [6, 6.07) is 4.15. The summed E-state index contributed by atoms with van der Waals surface area (Å²) < 4.78 is 0. The molecule has 2 aliphatic heterocycles. The van der Waals surface area contributed by atoms with Crippen molar-refractivity contribution in [1.82, 2.24) is 5.32 Å². The van der Waals surface area contributed by atoms with E-state index >= 15 is 0 Å². The van der Waals surface area contributed by atoms with E-state index in [0.29, 0.717) is 18.5 Å². The molecule has 0 saturated carbocycles. The van der Waals surface area contributed by atoms with Gasteiger partial charge in [0.2, 0.25) is 5.91 Å². The fourth-order valence-corrected chi connectivity index (χ4v) is 3.46. The summed E-state index contributed by atoms with van der Waals surface area (Å²) in [6.07, 6.45) is 5.00. The van der Waals surface area contributed by atoms with Gasteiger partial charge in [0.15, 0.2) is 0 Å². The molecule has 0 atom stereocenters. The smallest absolute Gasteiger partial charge is 0.333 e. The van der Waals surface area contributed by atoms with Gasteiger partial charge in [-0.2, -0.15) is 0 Å². The Balaban J connectivity index is 1.85. The summed E-state index contributed by atoms with van der Waals surface area (Å²) in [5, 5.41) is 15.3. The molecule has 1 aromatic rings. The summed E-state index contributed by atoms with van der Waals surface area (Å²) >= 11 is 0. The van der Waals surface area contributed by atoms with Gasteiger partial charge < -0.3 is 15.7 Å². The fourth-order valence-electron chi connectivity index (χ4n) is 3.46. The highest BCUT2D eigenvalue weighted by Crippen LogP contribution is 2.36. The summed E-state index contributed by atoms with van der Waals surface area (Å²) in [5.74, 6) is -0.832. The molecule has 3 aliphatic rings. The van der Waals surface area contributed by atoms with Gasteiger partial charge in [-0.3, -0.25) is 4.79 Å². The maximum Gasteiger partial charge on any atom is 0.333 e. The number of rotatable bonds is 1. The number of allylic oxidation sites excluding steroid dienone is 2. The van der Waals surface area contributed by atoms with Gasteiger partial charge >= 0.3 is 5.97 Å². The van der Waals surface area contributed by atoms with E-state index in [4.69, 9.17) is 0 Å². The first-order chi connectivity index (χ1) is 10.6. The number of hydrogen-bond donors (Lipinski definition) is 3. The number of dihydropyridines is 1.